The first kappa shape index (κ1) is 22.0. The molecule has 2 atom stereocenters. The molecule has 2 aromatic rings. The summed E-state index contributed by atoms with van der Waals surface area (Å²) in [4.78, 5) is 27.0. The van der Waals surface area contributed by atoms with Crippen molar-refractivity contribution in [3.05, 3.63) is 58.0 Å². The first-order chi connectivity index (χ1) is 15.0. The molecular formula is C24H30FN3O2S. The van der Waals surface area contributed by atoms with Crippen LogP contribution in [0.4, 0.5) is 4.39 Å². The maximum atomic E-state index is 13.4. The Morgan fingerprint density at radius 2 is 2.00 bits per heavy atom. The lowest BCUT2D eigenvalue weighted by Gasteiger charge is -2.30. The van der Waals surface area contributed by atoms with Gasteiger partial charge in [-0.2, -0.15) is 11.3 Å². The highest BCUT2D eigenvalue weighted by Gasteiger charge is 2.38. The Morgan fingerprint density at radius 3 is 2.65 bits per heavy atom. The molecule has 31 heavy (non-hydrogen) atoms. The maximum absolute atomic E-state index is 13.4. The van der Waals surface area contributed by atoms with Crippen molar-refractivity contribution in [3.63, 3.8) is 0 Å². The van der Waals surface area contributed by atoms with Crippen LogP contribution in [-0.4, -0.2) is 41.9 Å². The first-order valence-corrected chi connectivity index (χ1v) is 12.1. The molecule has 2 aliphatic rings. The molecule has 2 saturated heterocycles. The number of nitrogens with one attached hydrogen (secondary N) is 2. The highest BCUT2D eigenvalue weighted by molar-refractivity contribution is 7.07. The van der Waals surface area contributed by atoms with E-state index in [1.165, 1.54) is 17.7 Å². The second-order valence-electron chi connectivity index (χ2n) is 8.75. The van der Waals surface area contributed by atoms with Crippen LogP contribution in [0.5, 0.6) is 0 Å². The van der Waals surface area contributed by atoms with Gasteiger partial charge < -0.3 is 10.6 Å². The third-order valence-corrected chi connectivity index (χ3v) is 7.25. The molecular weight excluding hydrogens is 413 g/mol. The van der Waals surface area contributed by atoms with Crippen molar-refractivity contribution in [2.75, 3.05) is 19.6 Å². The van der Waals surface area contributed by atoms with E-state index in [0.29, 0.717) is 25.8 Å². The number of hydrogen-bond donors (Lipinski definition) is 2. The minimum Gasteiger partial charge on any atom is -0.354 e. The fraction of sp³-hybridized carbons (Fsp3) is 0.500. The molecule has 0 radical (unpaired) electrons. The van der Waals surface area contributed by atoms with E-state index < -0.39 is 0 Å². The predicted octanol–water partition coefficient (Wildman–Crippen LogP) is 3.81. The Bertz CT molecular complexity index is 881. The predicted molar refractivity (Wildman–Crippen MR) is 120 cm³/mol. The van der Waals surface area contributed by atoms with E-state index in [9.17, 15) is 14.0 Å². The van der Waals surface area contributed by atoms with Crippen molar-refractivity contribution >= 4 is 23.2 Å². The van der Waals surface area contributed by atoms with Gasteiger partial charge in [0.25, 0.3) is 0 Å². The van der Waals surface area contributed by atoms with Gasteiger partial charge in [-0.25, -0.2) is 4.39 Å². The first-order valence-electron chi connectivity index (χ1n) is 11.1. The SMILES string of the molecule is O=C(CC[C@]1(Cc2ccsc2)CCC(=O)N1)NC[C@@H](c1ccc(F)cc1)N1CCCC1. The van der Waals surface area contributed by atoms with Gasteiger partial charge in [-0.05, 0) is 85.3 Å². The zero-order valence-corrected chi connectivity index (χ0v) is 18.6. The number of nitrogens with zero attached hydrogens (tertiary/aromatic N) is 1. The molecule has 4 rings (SSSR count). The second kappa shape index (κ2) is 9.92. The lowest BCUT2D eigenvalue weighted by Crippen LogP contribution is -2.45. The highest BCUT2D eigenvalue weighted by atomic mass is 32.1. The minimum absolute atomic E-state index is 0.00264. The third kappa shape index (κ3) is 5.71. The van der Waals surface area contributed by atoms with Crippen molar-refractivity contribution < 1.29 is 14.0 Å². The Balaban J connectivity index is 1.35. The number of amides is 2. The van der Waals surface area contributed by atoms with E-state index >= 15 is 0 Å². The summed E-state index contributed by atoms with van der Waals surface area (Å²) in [7, 11) is 0. The monoisotopic (exact) mass is 443 g/mol. The minimum atomic E-state index is -0.333. The van der Waals surface area contributed by atoms with E-state index in [2.05, 4.69) is 27.0 Å². The number of halogens is 1. The zero-order chi connectivity index (χ0) is 21.7. The topological polar surface area (TPSA) is 61.4 Å². The number of hydrogen-bond acceptors (Lipinski definition) is 4. The van der Waals surface area contributed by atoms with Crippen LogP contribution in [0.3, 0.4) is 0 Å². The van der Waals surface area contributed by atoms with Crippen molar-refractivity contribution in [3.8, 4) is 0 Å². The van der Waals surface area contributed by atoms with Gasteiger partial charge in [-0.3, -0.25) is 14.5 Å². The summed E-state index contributed by atoms with van der Waals surface area (Å²) in [6.07, 6.45) is 5.36. The van der Waals surface area contributed by atoms with Crippen LogP contribution < -0.4 is 10.6 Å². The largest absolute Gasteiger partial charge is 0.354 e. The molecule has 5 nitrogen and oxygen atoms in total. The Kier molecular flexibility index (Phi) is 7.02. The summed E-state index contributed by atoms with van der Waals surface area (Å²) in [6, 6.07) is 8.73. The molecule has 1 aromatic heterocycles. The number of benzene rings is 1. The lowest BCUT2D eigenvalue weighted by atomic mass is 9.85. The van der Waals surface area contributed by atoms with Gasteiger partial charge in [0, 0.05) is 24.9 Å². The van der Waals surface area contributed by atoms with Gasteiger partial charge in [0.1, 0.15) is 5.82 Å². The molecule has 2 fully saturated rings. The molecule has 2 aliphatic heterocycles. The number of rotatable bonds is 9. The van der Waals surface area contributed by atoms with Gasteiger partial charge in [0.2, 0.25) is 11.8 Å². The van der Waals surface area contributed by atoms with Crippen LogP contribution in [0.25, 0.3) is 0 Å². The van der Waals surface area contributed by atoms with Crippen LogP contribution in [-0.2, 0) is 16.0 Å². The molecule has 1 aromatic carbocycles. The fourth-order valence-corrected chi connectivity index (χ4v) is 5.48. The van der Waals surface area contributed by atoms with E-state index in [0.717, 1.165) is 44.3 Å². The molecule has 0 bridgehead atoms. The van der Waals surface area contributed by atoms with Crippen molar-refractivity contribution in [1.29, 1.82) is 0 Å². The summed E-state index contributed by atoms with van der Waals surface area (Å²) in [5.41, 5.74) is 1.90. The summed E-state index contributed by atoms with van der Waals surface area (Å²) in [5, 5.41) is 10.4. The van der Waals surface area contributed by atoms with E-state index in [1.807, 2.05) is 17.5 Å². The molecule has 166 valence electrons. The van der Waals surface area contributed by atoms with E-state index in [4.69, 9.17) is 0 Å². The van der Waals surface area contributed by atoms with E-state index in [1.54, 1.807) is 11.3 Å². The molecule has 0 spiro atoms. The summed E-state index contributed by atoms with van der Waals surface area (Å²) in [5.74, 6) is -0.180. The normalized spacial score (nSPS) is 22.4. The van der Waals surface area contributed by atoms with E-state index in [-0.39, 0.29) is 29.2 Å². The number of likely N-dealkylation sites (tertiary alicyclic amines) is 1. The molecule has 2 N–H and O–H groups in total. The number of carbonyl (C=O) groups excluding carboxylic acids is 2. The lowest BCUT2D eigenvalue weighted by molar-refractivity contribution is -0.123. The van der Waals surface area contributed by atoms with Crippen LogP contribution in [0.15, 0.2) is 41.1 Å². The van der Waals surface area contributed by atoms with Crippen molar-refractivity contribution in [2.24, 2.45) is 0 Å². The Labute approximate surface area is 187 Å². The molecule has 7 heteroatoms. The molecule has 0 saturated carbocycles. The summed E-state index contributed by atoms with van der Waals surface area (Å²) in [6.45, 7) is 2.50. The molecule has 0 aliphatic carbocycles. The van der Waals surface area contributed by atoms with Gasteiger partial charge in [0.15, 0.2) is 0 Å². The third-order valence-electron chi connectivity index (χ3n) is 6.52. The number of thiophene rings is 1. The maximum Gasteiger partial charge on any atom is 0.220 e. The van der Waals surface area contributed by atoms with Crippen LogP contribution in [0.1, 0.15) is 55.7 Å². The van der Waals surface area contributed by atoms with Gasteiger partial charge in [-0.15, -0.1) is 0 Å². The van der Waals surface area contributed by atoms with Crippen molar-refractivity contribution in [2.45, 2.75) is 56.5 Å². The standard InChI is InChI=1S/C24H30FN3O2S/c25-20-5-3-19(4-6-20)21(28-12-1-2-13-28)16-26-22(29)7-10-24(11-8-23(30)27-24)15-18-9-14-31-17-18/h3-6,9,14,17,21H,1-2,7-8,10-13,15-16H2,(H,26,29)(H,27,30)/t21-,24+/m0/s1. The average molecular weight is 444 g/mol. The second-order valence-corrected chi connectivity index (χ2v) is 9.53. The van der Waals surface area contributed by atoms with Gasteiger partial charge >= 0.3 is 0 Å². The van der Waals surface area contributed by atoms with Crippen LogP contribution in [0, 0.1) is 5.82 Å². The Hall–Kier alpha value is -2.25. The Morgan fingerprint density at radius 1 is 1.23 bits per heavy atom. The molecule has 0 unspecified atom stereocenters. The summed E-state index contributed by atoms with van der Waals surface area (Å²) < 4.78 is 13.4. The van der Waals surface area contributed by atoms with Gasteiger partial charge in [-0.1, -0.05) is 12.1 Å². The average Bonchev–Trinajstić information content (AvgIpc) is 3.52. The highest BCUT2D eigenvalue weighted by Crippen LogP contribution is 2.30. The molecule has 2 amide bonds. The summed E-state index contributed by atoms with van der Waals surface area (Å²) >= 11 is 1.65. The fourth-order valence-electron chi connectivity index (χ4n) is 4.81. The van der Waals surface area contributed by atoms with Crippen molar-refractivity contribution in [1.82, 2.24) is 15.5 Å². The number of carbonyl (C=O) groups is 2. The van der Waals surface area contributed by atoms with Crippen LogP contribution >= 0.6 is 11.3 Å². The smallest absolute Gasteiger partial charge is 0.220 e. The molecule has 3 heterocycles. The quantitative estimate of drug-likeness (QED) is 0.620. The zero-order valence-electron chi connectivity index (χ0n) is 17.7. The van der Waals surface area contributed by atoms with Gasteiger partial charge in [0.05, 0.1) is 6.04 Å². The van der Waals surface area contributed by atoms with Crippen LogP contribution in [0.2, 0.25) is 0 Å².